The van der Waals surface area contributed by atoms with Crippen LogP contribution in [0.25, 0.3) is 6.08 Å². The van der Waals surface area contributed by atoms with Crippen LogP contribution in [0.1, 0.15) is 15.9 Å². The number of ether oxygens (including phenoxy) is 1. The van der Waals surface area contributed by atoms with Crippen molar-refractivity contribution in [2.75, 3.05) is 6.61 Å². The number of hydrogen-bond donors (Lipinski definition) is 2. The van der Waals surface area contributed by atoms with Gasteiger partial charge in [-0.05, 0) is 23.8 Å². The molecule has 0 aliphatic carbocycles. The van der Waals surface area contributed by atoms with Crippen molar-refractivity contribution in [3.05, 3.63) is 84.5 Å². The van der Waals surface area contributed by atoms with Crippen molar-refractivity contribution in [3.8, 4) is 5.75 Å². The van der Waals surface area contributed by atoms with Crippen LogP contribution in [0, 0.1) is 0 Å². The number of amides is 2. The summed E-state index contributed by atoms with van der Waals surface area (Å²) in [6.07, 6.45) is 4.59. The predicted molar refractivity (Wildman–Crippen MR) is 93.2 cm³/mol. The lowest BCUT2D eigenvalue weighted by Crippen LogP contribution is -2.40. The fraction of sp³-hybridized carbons (Fsp3) is 0.0526. The van der Waals surface area contributed by atoms with Crippen LogP contribution in [-0.2, 0) is 4.79 Å². The van der Waals surface area contributed by atoms with Gasteiger partial charge in [0, 0.05) is 6.08 Å². The highest BCUT2D eigenvalue weighted by atomic mass is 16.5. The standard InChI is InChI=1S/C19H18N2O3/c1-2-14-24-17-11-7-6-10-16(17)19(23)21-20-18(22)13-12-15-8-4-3-5-9-15/h2-13H,1,14H2,(H,20,22)(H,21,23)/b13-12+. The van der Waals surface area contributed by atoms with E-state index in [1.165, 1.54) is 6.08 Å². The van der Waals surface area contributed by atoms with E-state index < -0.39 is 11.8 Å². The molecule has 24 heavy (non-hydrogen) atoms. The number of hydrazine groups is 1. The smallest absolute Gasteiger partial charge is 0.273 e. The average molecular weight is 322 g/mol. The Labute approximate surface area is 140 Å². The maximum Gasteiger partial charge on any atom is 0.273 e. The van der Waals surface area contributed by atoms with E-state index in [0.29, 0.717) is 11.3 Å². The summed E-state index contributed by atoms with van der Waals surface area (Å²) in [7, 11) is 0. The van der Waals surface area contributed by atoms with Crippen LogP contribution in [0.2, 0.25) is 0 Å². The average Bonchev–Trinajstić information content (AvgIpc) is 2.63. The summed E-state index contributed by atoms with van der Waals surface area (Å²) in [5.74, 6) is -0.475. The number of para-hydroxylation sites is 1. The minimum Gasteiger partial charge on any atom is -0.489 e. The zero-order chi connectivity index (χ0) is 17.2. The highest BCUT2D eigenvalue weighted by Crippen LogP contribution is 2.17. The van der Waals surface area contributed by atoms with Crippen molar-refractivity contribution in [2.45, 2.75) is 0 Å². The highest BCUT2D eigenvalue weighted by molar-refractivity contribution is 5.99. The Hall–Kier alpha value is -3.34. The molecule has 0 aliphatic heterocycles. The van der Waals surface area contributed by atoms with Gasteiger partial charge < -0.3 is 4.74 Å². The van der Waals surface area contributed by atoms with Gasteiger partial charge in [-0.3, -0.25) is 20.4 Å². The molecule has 2 amide bonds. The lowest BCUT2D eigenvalue weighted by atomic mass is 10.2. The first-order valence-corrected chi connectivity index (χ1v) is 7.37. The van der Waals surface area contributed by atoms with E-state index in [4.69, 9.17) is 4.74 Å². The van der Waals surface area contributed by atoms with E-state index in [1.54, 1.807) is 36.4 Å². The molecule has 0 radical (unpaired) electrons. The van der Waals surface area contributed by atoms with Crippen LogP contribution < -0.4 is 15.6 Å². The van der Waals surface area contributed by atoms with Gasteiger partial charge in [-0.25, -0.2) is 0 Å². The first kappa shape index (κ1) is 17.0. The molecule has 2 aromatic carbocycles. The number of benzene rings is 2. The van der Waals surface area contributed by atoms with Crippen LogP contribution in [0.5, 0.6) is 5.75 Å². The monoisotopic (exact) mass is 322 g/mol. The third kappa shape index (κ3) is 5.14. The van der Waals surface area contributed by atoms with Crippen molar-refractivity contribution in [1.29, 1.82) is 0 Å². The second-order valence-electron chi connectivity index (χ2n) is 4.78. The molecule has 2 rings (SSSR count). The molecule has 0 atom stereocenters. The van der Waals surface area contributed by atoms with E-state index in [0.717, 1.165) is 5.56 Å². The Kier molecular flexibility index (Phi) is 6.35. The van der Waals surface area contributed by atoms with E-state index in [-0.39, 0.29) is 6.61 Å². The van der Waals surface area contributed by atoms with Gasteiger partial charge in [0.2, 0.25) is 0 Å². The van der Waals surface area contributed by atoms with Gasteiger partial charge in [-0.15, -0.1) is 0 Å². The van der Waals surface area contributed by atoms with Gasteiger partial charge in [-0.2, -0.15) is 0 Å². The number of hydrogen-bond acceptors (Lipinski definition) is 3. The molecule has 122 valence electrons. The molecule has 5 heteroatoms. The second-order valence-corrected chi connectivity index (χ2v) is 4.78. The normalized spacial score (nSPS) is 10.2. The number of nitrogens with one attached hydrogen (secondary N) is 2. The Balaban J connectivity index is 1.92. The lowest BCUT2D eigenvalue weighted by Gasteiger charge is -2.10. The molecule has 0 heterocycles. The number of carbonyl (C=O) groups is 2. The Morgan fingerprint density at radius 3 is 2.46 bits per heavy atom. The van der Waals surface area contributed by atoms with Crippen LogP contribution in [0.3, 0.4) is 0 Å². The second kappa shape index (κ2) is 8.95. The molecule has 2 N–H and O–H groups in total. The summed E-state index contributed by atoms with van der Waals surface area (Å²) in [5, 5.41) is 0. The van der Waals surface area contributed by atoms with Gasteiger partial charge in [0.25, 0.3) is 11.8 Å². The van der Waals surface area contributed by atoms with Gasteiger partial charge in [0.15, 0.2) is 0 Å². The van der Waals surface area contributed by atoms with Crippen molar-refractivity contribution < 1.29 is 14.3 Å². The molecular weight excluding hydrogens is 304 g/mol. The van der Waals surface area contributed by atoms with Crippen molar-refractivity contribution in [2.24, 2.45) is 0 Å². The molecule has 0 spiro atoms. The quantitative estimate of drug-likeness (QED) is 0.488. The van der Waals surface area contributed by atoms with Crippen LogP contribution in [-0.4, -0.2) is 18.4 Å². The van der Waals surface area contributed by atoms with Gasteiger partial charge >= 0.3 is 0 Å². The van der Waals surface area contributed by atoms with E-state index in [9.17, 15) is 9.59 Å². The minimum absolute atomic E-state index is 0.288. The zero-order valence-electron chi connectivity index (χ0n) is 13.1. The summed E-state index contributed by atoms with van der Waals surface area (Å²) in [6, 6.07) is 16.1. The fourth-order valence-corrected chi connectivity index (χ4v) is 1.89. The van der Waals surface area contributed by atoms with Gasteiger partial charge in [0.1, 0.15) is 12.4 Å². The molecule has 0 aliphatic rings. The largest absolute Gasteiger partial charge is 0.489 e. The van der Waals surface area contributed by atoms with Gasteiger partial charge in [0.05, 0.1) is 5.56 Å². The summed E-state index contributed by atoms with van der Waals surface area (Å²) < 4.78 is 5.41. The molecule has 0 saturated heterocycles. The molecule has 2 aromatic rings. The van der Waals surface area contributed by atoms with E-state index in [2.05, 4.69) is 17.4 Å². The predicted octanol–water partition coefficient (Wildman–Crippen LogP) is 2.73. The van der Waals surface area contributed by atoms with Gasteiger partial charge in [-0.1, -0.05) is 55.1 Å². The van der Waals surface area contributed by atoms with Crippen LogP contribution in [0.4, 0.5) is 0 Å². The molecule has 5 nitrogen and oxygen atoms in total. The van der Waals surface area contributed by atoms with Crippen LogP contribution in [0.15, 0.2) is 73.3 Å². The van der Waals surface area contributed by atoms with E-state index in [1.807, 2.05) is 30.3 Å². The minimum atomic E-state index is -0.462. The Bertz CT molecular complexity index is 739. The first-order chi connectivity index (χ1) is 11.7. The summed E-state index contributed by atoms with van der Waals surface area (Å²) in [5.41, 5.74) is 5.91. The molecule has 0 aromatic heterocycles. The topological polar surface area (TPSA) is 67.4 Å². The van der Waals surface area contributed by atoms with E-state index >= 15 is 0 Å². The van der Waals surface area contributed by atoms with Crippen molar-refractivity contribution >= 4 is 17.9 Å². The van der Waals surface area contributed by atoms with Crippen molar-refractivity contribution in [3.63, 3.8) is 0 Å². The molecule has 0 unspecified atom stereocenters. The third-order valence-electron chi connectivity index (χ3n) is 3.01. The Morgan fingerprint density at radius 1 is 1.00 bits per heavy atom. The first-order valence-electron chi connectivity index (χ1n) is 7.37. The number of carbonyl (C=O) groups excluding carboxylic acids is 2. The molecule has 0 saturated carbocycles. The summed E-state index contributed by atoms with van der Waals surface area (Å²) in [4.78, 5) is 23.9. The maximum absolute atomic E-state index is 12.2. The van der Waals surface area contributed by atoms with Crippen LogP contribution >= 0.6 is 0 Å². The lowest BCUT2D eigenvalue weighted by molar-refractivity contribution is -0.117. The zero-order valence-corrected chi connectivity index (χ0v) is 13.1. The third-order valence-corrected chi connectivity index (χ3v) is 3.01. The summed E-state index contributed by atoms with van der Waals surface area (Å²) in [6.45, 7) is 3.85. The number of rotatable bonds is 6. The SMILES string of the molecule is C=CCOc1ccccc1C(=O)NNC(=O)/C=C/c1ccccc1. The fourth-order valence-electron chi connectivity index (χ4n) is 1.89. The molecule has 0 fully saturated rings. The van der Waals surface area contributed by atoms with Crippen molar-refractivity contribution in [1.82, 2.24) is 10.9 Å². The molecular formula is C19H18N2O3. The summed E-state index contributed by atoms with van der Waals surface area (Å²) >= 11 is 0. The Morgan fingerprint density at radius 2 is 1.71 bits per heavy atom. The molecule has 0 bridgehead atoms. The maximum atomic E-state index is 12.2. The highest BCUT2D eigenvalue weighted by Gasteiger charge is 2.11.